The maximum absolute atomic E-state index is 12.8. The molecule has 0 spiro atoms. The summed E-state index contributed by atoms with van der Waals surface area (Å²) in [4.78, 5) is 50.2. The first kappa shape index (κ1) is 29.0. The predicted molar refractivity (Wildman–Crippen MR) is 154 cm³/mol. The van der Waals surface area contributed by atoms with E-state index >= 15 is 0 Å². The number of nitrogens with zero attached hydrogens (tertiary/aromatic N) is 1. The zero-order valence-corrected chi connectivity index (χ0v) is 22.7. The van der Waals surface area contributed by atoms with Crippen LogP contribution in [-0.4, -0.2) is 42.6 Å². The van der Waals surface area contributed by atoms with Gasteiger partial charge in [0.2, 0.25) is 0 Å². The van der Waals surface area contributed by atoms with E-state index in [1.54, 1.807) is 79.7 Å². The van der Waals surface area contributed by atoms with Crippen LogP contribution in [0.4, 0.5) is 5.69 Å². The second-order valence-electron chi connectivity index (χ2n) is 9.40. The average Bonchev–Trinajstić information content (AvgIpc) is 2.99. The number of hydrogen-bond donors (Lipinski definition) is 3. The van der Waals surface area contributed by atoms with Crippen LogP contribution in [0.15, 0.2) is 77.9 Å². The van der Waals surface area contributed by atoms with Gasteiger partial charge in [-0.15, -0.1) is 0 Å². The highest BCUT2D eigenvalue weighted by Gasteiger charge is 2.21. The average molecular weight is 557 g/mol. The van der Waals surface area contributed by atoms with Crippen molar-refractivity contribution in [2.45, 2.75) is 45.1 Å². The first-order valence-electron chi connectivity index (χ1n) is 13.5. The van der Waals surface area contributed by atoms with E-state index < -0.39 is 17.8 Å². The molecule has 212 valence electrons. The lowest BCUT2D eigenvalue weighted by atomic mass is 9.95. The molecule has 3 amide bonds. The maximum Gasteiger partial charge on any atom is 0.343 e. The lowest BCUT2D eigenvalue weighted by molar-refractivity contribution is -0.136. The second kappa shape index (κ2) is 14.4. The molecule has 0 aliphatic heterocycles. The van der Waals surface area contributed by atoms with Crippen LogP contribution in [0.5, 0.6) is 11.5 Å². The molecule has 1 fully saturated rings. The molecule has 0 radical (unpaired) electrons. The van der Waals surface area contributed by atoms with Crippen LogP contribution in [0.2, 0.25) is 0 Å². The molecule has 3 aromatic rings. The van der Waals surface area contributed by atoms with Crippen LogP contribution < -0.4 is 25.5 Å². The molecule has 0 aromatic heterocycles. The Labute approximate surface area is 238 Å². The van der Waals surface area contributed by atoms with Crippen molar-refractivity contribution in [3.8, 4) is 11.5 Å². The molecule has 3 N–H and O–H groups in total. The van der Waals surface area contributed by atoms with Crippen LogP contribution >= 0.6 is 0 Å². The lowest BCUT2D eigenvalue weighted by Gasteiger charge is -2.23. The van der Waals surface area contributed by atoms with Gasteiger partial charge >= 0.3 is 17.8 Å². The second-order valence-corrected chi connectivity index (χ2v) is 9.40. The number of esters is 1. The molecule has 3 aromatic carbocycles. The van der Waals surface area contributed by atoms with E-state index in [-0.39, 0.29) is 28.9 Å². The fourth-order valence-electron chi connectivity index (χ4n) is 4.39. The summed E-state index contributed by atoms with van der Waals surface area (Å²) in [6.07, 6.45) is 6.48. The summed E-state index contributed by atoms with van der Waals surface area (Å²) < 4.78 is 11.1. The number of ether oxygens (including phenoxy) is 2. The minimum Gasteiger partial charge on any atom is -0.490 e. The van der Waals surface area contributed by atoms with Gasteiger partial charge in [0, 0.05) is 6.04 Å². The maximum atomic E-state index is 12.8. The Kier molecular flexibility index (Phi) is 10.2. The number of benzene rings is 3. The van der Waals surface area contributed by atoms with Gasteiger partial charge in [-0.2, -0.15) is 5.10 Å². The molecule has 0 heterocycles. The molecule has 0 unspecified atom stereocenters. The molecular weight excluding hydrogens is 524 g/mol. The predicted octanol–water partition coefficient (Wildman–Crippen LogP) is 4.46. The first-order valence-corrected chi connectivity index (χ1v) is 13.5. The number of para-hydroxylation sites is 1. The third-order valence-corrected chi connectivity index (χ3v) is 6.43. The molecule has 1 saturated carbocycles. The normalized spacial score (nSPS) is 13.3. The Morgan fingerprint density at radius 2 is 1.61 bits per heavy atom. The van der Waals surface area contributed by atoms with Crippen LogP contribution in [0.1, 0.15) is 65.3 Å². The topological polar surface area (TPSA) is 135 Å². The van der Waals surface area contributed by atoms with Crippen LogP contribution in [0.3, 0.4) is 0 Å². The van der Waals surface area contributed by atoms with Crippen LogP contribution in [-0.2, 0) is 9.59 Å². The summed E-state index contributed by atoms with van der Waals surface area (Å²) in [5.74, 6) is -2.27. The zero-order chi connectivity index (χ0) is 29.0. The van der Waals surface area contributed by atoms with Gasteiger partial charge < -0.3 is 20.1 Å². The van der Waals surface area contributed by atoms with E-state index in [2.05, 4.69) is 21.2 Å². The summed E-state index contributed by atoms with van der Waals surface area (Å²) in [6, 6.07) is 20.0. The third kappa shape index (κ3) is 8.25. The van der Waals surface area contributed by atoms with E-state index in [0.717, 1.165) is 25.7 Å². The Morgan fingerprint density at radius 1 is 0.878 bits per heavy atom. The molecule has 41 heavy (non-hydrogen) atoms. The Morgan fingerprint density at radius 3 is 2.37 bits per heavy atom. The van der Waals surface area contributed by atoms with Gasteiger partial charge in [0.05, 0.1) is 29.6 Å². The van der Waals surface area contributed by atoms with E-state index in [9.17, 15) is 19.2 Å². The third-order valence-electron chi connectivity index (χ3n) is 6.43. The van der Waals surface area contributed by atoms with E-state index in [1.807, 2.05) is 0 Å². The number of amides is 3. The fraction of sp³-hybridized carbons (Fsp3) is 0.258. The van der Waals surface area contributed by atoms with Gasteiger partial charge in [0.15, 0.2) is 11.5 Å². The van der Waals surface area contributed by atoms with Crippen molar-refractivity contribution in [2.24, 2.45) is 5.10 Å². The van der Waals surface area contributed by atoms with Gasteiger partial charge in [-0.1, -0.05) is 49.6 Å². The number of nitrogens with one attached hydrogen (secondary N) is 3. The minimum atomic E-state index is -1.01. The highest BCUT2D eigenvalue weighted by atomic mass is 16.6. The highest BCUT2D eigenvalue weighted by Crippen LogP contribution is 2.29. The Hall–Kier alpha value is -4.99. The smallest absolute Gasteiger partial charge is 0.343 e. The van der Waals surface area contributed by atoms with Gasteiger partial charge in [0.1, 0.15) is 0 Å². The largest absolute Gasteiger partial charge is 0.490 e. The summed E-state index contributed by atoms with van der Waals surface area (Å²) in [7, 11) is 0. The van der Waals surface area contributed by atoms with E-state index in [0.29, 0.717) is 23.5 Å². The molecular formula is C31H32N4O6. The Bertz CT molecular complexity index is 1420. The summed E-state index contributed by atoms with van der Waals surface area (Å²) in [5.41, 5.74) is 3.61. The van der Waals surface area contributed by atoms with Gasteiger partial charge in [0.25, 0.3) is 5.91 Å². The van der Waals surface area contributed by atoms with E-state index in [4.69, 9.17) is 9.47 Å². The highest BCUT2D eigenvalue weighted by molar-refractivity contribution is 6.40. The molecule has 4 rings (SSSR count). The molecule has 10 nitrogen and oxygen atoms in total. The molecule has 10 heteroatoms. The molecule has 1 aliphatic rings. The van der Waals surface area contributed by atoms with Crippen molar-refractivity contribution in [3.63, 3.8) is 0 Å². The van der Waals surface area contributed by atoms with Gasteiger partial charge in [-0.3, -0.25) is 14.4 Å². The number of anilines is 1. The standard InChI is InChI=1S/C31H32N4O6/c1-2-40-27-19-21(17-18-26(27)41-31(39)22-11-5-3-6-12-22)20-32-35-30(38)29(37)34-25-16-10-9-15-24(25)28(36)33-23-13-7-4-8-14-23/h3,5-6,9-12,15-20,23H,2,4,7-8,13-14H2,1H3,(H,33,36)(H,34,37)(H,35,38). The van der Waals surface area contributed by atoms with Crippen molar-refractivity contribution in [1.29, 1.82) is 0 Å². The van der Waals surface area contributed by atoms with Crippen molar-refractivity contribution in [2.75, 3.05) is 11.9 Å². The number of rotatable bonds is 9. The SMILES string of the molecule is CCOc1cc(C=NNC(=O)C(=O)Nc2ccccc2C(=O)NC2CCCCC2)ccc1OC(=O)c1ccccc1. The minimum absolute atomic E-state index is 0.103. The van der Waals surface area contributed by atoms with Crippen molar-refractivity contribution in [1.82, 2.24) is 10.7 Å². The van der Waals surface area contributed by atoms with Crippen LogP contribution in [0, 0.1) is 0 Å². The number of carbonyl (C=O) groups excluding carboxylic acids is 4. The number of carbonyl (C=O) groups is 4. The first-order chi connectivity index (χ1) is 19.9. The number of hydrazone groups is 1. The molecule has 0 atom stereocenters. The lowest BCUT2D eigenvalue weighted by Crippen LogP contribution is -2.37. The monoisotopic (exact) mass is 556 g/mol. The van der Waals surface area contributed by atoms with Gasteiger partial charge in [-0.05, 0) is 67.8 Å². The van der Waals surface area contributed by atoms with Crippen LogP contribution in [0.25, 0.3) is 0 Å². The quantitative estimate of drug-likeness (QED) is 0.117. The fourth-order valence-corrected chi connectivity index (χ4v) is 4.39. The van der Waals surface area contributed by atoms with Crippen molar-refractivity contribution in [3.05, 3.63) is 89.5 Å². The molecule has 1 aliphatic carbocycles. The summed E-state index contributed by atoms with van der Waals surface area (Å²) in [5, 5.41) is 9.35. The van der Waals surface area contributed by atoms with Gasteiger partial charge in [-0.25, -0.2) is 10.2 Å². The summed E-state index contributed by atoms with van der Waals surface area (Å²) in [6.45, 7) is 2.12. The molecule has 0 saturated heterocycles. The summed E-state index contributed by atoms with van der Waals surface area (Å²) >= 11 is 0. The Balaban J connectivity index is 1.35. The number of hydrogen-bond acceptors (Lipinski definition) is 7. The van der Waals surface area contributed by atoms with Crippen molar-refractivity contribution < 1.29 is 28.7 Å². The van der Waals surface area contributed by atoms with E-state index in [1.165, 1.54) is 12.6 Å². The van der Waals surface area contributed by atoms with Crippen molar-refractivity contribution >= 4 is 35.6 Å². The zero-order valence-electron chi connectivity index (χ0n) is 22.7. The molecule has 0 bridgehead atoms.